The number of piperidine rings is 1. The van der Waals surface area contributed by atoms with E-state index in [1.54, 1.807) is 0 Å². The molecule has 2 heteroatoms. The maximum Gasteiger partial charge on any atom is 0.0294 e. The highest BCUT2D eigenvalue weighted by molar-refractivity contribution is 5.32. The van der Waals surface area contributed by atoms with Crippen molar-refractivity contribution in [1.82, 2.24) is 10.2 Å². The SMILES string of the molecule is Cc1ccc(C)c(C(C)NCCC2CCN(C)CC2)c1. The molecule has 20 heavy (non-hydrogen) atoms. The largest absolute Gasteiger partial charge is 0.310 e. The molecule has 1 N–H and O–H groups in total. The predicted octanol–water partition coefficient (Wildman–Crippen LogP) is 3.69. The molecule has 0 amide bonds. The van der Waals surface area contributed by atoms with Gasteiger partial charge < -0.3 is 10.2 Å². The summed E-state index contributed by atoms with van der Waals surface area (Å²) in [5, 5.41) is 3.71. The van der Waals surface area contributed by atoms with E-state index in [-0.39, 0.29) is 0 Å². The first-order chi connectivity index (χ1) is 9.56. The third kappa shape index (κ3) is 4.32. The lowest BCUT2D eigenvalue weighted by Gasteiger charge is -2.29. The van der Waals surface area contributed by atoms with Crippen molar-refractivity contribution in [3.05, 3.63) is 34.9 Å². The quantitative estimate of drug-likeness (QED) is 0.881. The van der Waals surface area contributed by atoms with E-state index in [4.69, 9.17) is 0 Å². The fourth-order valence-corrected chi connectivity index (χ4v) is 3.19. The zero-order valence-electron chi connectivity index (χ0n) is 13.6. The van der Waals surface area contributed by atoms with E-state index in [0.29, 0.717) is 6.04 Å². The Bertz CT molecular complexity index is 419. The summed E-state index contributed by atoms with van der Waals surface area (Å²) in [6.45, 7) is 10.4. The number of likely N-dealkylation sites (tertiary alicyclic amines) is 1. The van der Waals surface area contributed by atoms with E-state index in [1.165, 1.54) is 49.0 Å². The Morgan fingerprint density at radius 3 is 2.65 bits per heavy atom. The van der Waals surface area contributed by atoms with Gasteiger partial charge in [0.05, 0.1) is 0 Å². The minimum Gasteiger partial charge on any atom is -0.310 e. The molecule has 0 aliphatic carbocycles. The highest BCUT2D eigenvalue weighted by Gasteiger charge is 2.16. The van der Waals surface area contributed by atoms with Gasteiger partial charge in [0, 0.05) is 6.04 Å². The molecule has 1 aliphatic rings. The van der Waals surface area contributed by atoms with Crippen LogP contribution in [0, 0.1) is 19.8 Å². The number of aryl methyl sites for hydroxylation is 2. The van der Waals surface area contributed by atoms with Gasteiger partial charge in [-0.2, -0.15) is 0 Å². The Morgan fingerprint density at radius 2 is 1.95 bits per heavy atom. The number of rotatable bonds is 5. The van der Waals surface area contributed by atoms with Crippen LogP contribution in [-0.2, 0) is 0 Å². The average Bonchev–Trinajstić information content (AvgIpc) is 2.43. The van der Waals surface area contributed by atoms with Crippen molar-refractivity contribution in [1.29, 1.82) is 0 Å². The summed E-state index contributed by atoms with van der Waals surface area (Å²) < 4.78 is 0. The standard InChI is InChI=1S/C18H30N2/c1-14-5-6-15(2)18(13-14)16(3)19-10-7-17-8-11-20(4)12-9-17/h5-6,13,16-17,19H,7-12H2,1-4H3. The predicted molar refractivity (Wildman–Crippen MR) is 87.2 cm³/mol. The zero-order chi connectivity index (χ0) is 14.5. The van der Waals surface area contributed by atoms with Gasteiger partial charge in [0.2, 0.25) is 0 Å². The van der Waals surface area contributed by atoms with Gasteiger partial charge in [-0.3, -0.25) is 0 Å². The molecular formula is C18H30N2. The molecule has 1 saturated heterocycles. The highest BCUT2D eigenvalue weighted by atomic mass is 15.1. The van der Waals surface area contributed by atoms with Gasteiger partial charge in [0.25, 0.3) is 0 Å². The van der Waals surface area contributed by atoms with Crippen molar-refractivity contribution in [2.45, 2.75) is 46.1 Å². The van der Waals surface area contributed by atoms with Crippen molar-refractivity contribution in [2.24, 2.45) is 5.92 Å². The molecule has 0 saturated carbocycles. The highest BCUT2D eigenvalue weighted by Crippen LogP contribution is 2.21. The van der Waals surface area contributed by atoms with Crippen LogP contribution in [0.4, 0.5) is 0 Å². The summed E-state index contributed by atoms with van der Waals surface area (Å²) in [7, 11) is 2.23. The van der Waals surface area contributed by atoms with Crippen molar-refractivity contribution < 1.29 is 0 Å². The van der Waals surface area contributed by atoms with Gasteiger partial charge in [-0.1, -0.05) is 23.8 Å². The lowest BCUT2D eigenvalue weighted by molar-refractivity contribution is 0.211. The van der Waals surface area contributed by atoms with Crippen molar-refractivity contribution in [3.8, 4) is 0 Å². The molecule has 0 aromatic heterocycles. The number of nitrogens with one attached hydrogen (secondary N) is 1. The summed E-state index contributed by atoms with van der Waals surface area (Å²) >= 11 is 0. The molecule has 1 fully saturated rings. The van der Waals surface area contributed by atoms with E-state index < -0.39 is 0 Å². The Morgan fingerprint density at radius 1 is 1.25 bits per heavy atom. The molecule has 0 radical (unpaired) electrons. The van der Waals surface area contributed by atoms with E-state index in [0.717, 1.165) is 12.5 Å². The first-order valence-electron chi connectivity index (χ1n) is 8.05. The van der Waals surface area contributed by atoms with Gasteiger partial charge in [0.15, 0.2) is 0 Å². The van der Waals surface area contributed by atoms with Gasteiger partial charge >= 0.3 is 0 Å². The van der Waals surface area contributed by atoms with Gasteiger partial charge in [-0.25, -0.2) is 0 Å². The molecule has 1 aliphatic heterocycles. The second-order valence-electron chi connectivity index (χ2n) is 6.57. The van der Waals surface area contributed by atoms with E-state index >= 15 is 0 Å². The fraction of sp³-hybridized carbons (Fsp3) is 0.667. The third-order valence-electron chi connectivity index (χ3n) is 4.74. The molecule has 1 aromatic carbocycles. The minimum atomic E-state index is 0.459. The van der Waals surface area contributed by atoms with Crippen LogP contribution in [0.3, 0.4) is 0 Å². The summed E-state index contributed by atoms with van der Waals surface area (Å²) in [4.78, 5) is 2.45. The minimum absolute atomic E-state index is 0.459. The maximum absolute atomic E-state index is 3.71. The van der Waals surface area contributed by atoms with E-state index in [9.17, 15) is 0 Å². The summed E-state index contributed by atoms with van der Waals surface area (Å²) in [6, 6.07) is 7.22. The molecular weight excluding hydrogens is 244 g/mol. The van der Waals surface area contributed by atoms with E-state index in [1.807, 2.05) is 0 Å². The summed E-state index contributed by atoms with van der Waals surface area (Å²) in [6.07, 6.45) is 4.06. The summed E-state index contributed by atoms with van der Waals surface area (Å²) in [5.41, 5.74) is 4.21. The van der Waals surface area contributed by atoms with Crippen LogP contribution in [0.25, 0.3) is 0 Å². The molecule has 112 valence electrons. The Balaban J connectivity index is 1.77. The van der Waals surface area contributed by atoms with Crippen LogP contribution in [-0.4, -0.2) is 31.6 Å². The Kier molecular flexibility index (Phi) is 5.62. The van der Waals surface area contributed by atoms with E-state index in [2.05, 4.69) is 56.2 Å². The Labute approximate surface area is 124 Å². The molecule has 2 rings (SSSR count). The number of nitrogens with zero attached hydrogens (tertiary/aromatic N) is 1. The molecule has 1 aromatic rings. The first kappa shape index (κ1) is 15.5. The molecule has 1 heterocycles. The maximum atomic E-state index is 3.71. The molecule has 0 bridgehead atoms. The topological polar surface area (TPSA) is 15.3 Å². The smallest absolute Gasteiger partial charge is 0.0294 e. The first-order valence-corrected chi connectivity index (χ1v) is 8.05. The van der Waals surface area contributed by atoms with Crippen molar-refractivity contribution in [3.63, 3.8) is 0 Å². The van der Waals surface area contributed by atoms with Crippen LogP contribution in [0.15, 0.2) is 18.2 Å². The molecule has 1 unspecified atom stereocenters. The normalized spacial score (nSPS) is 19.2. The lowest BCUT2D eigenvalue weighted by Crippen LogP contribution is -2.32. The van der Waals surface area contributed by atoms with Crippen LogP contribution in [0.5, 0.6) is 0 Å². The van der Waals surface area contributed by atoms with Crippen LogP contribution < -0.4 is 5.32 Å². The third-order valence-corrected chi connectivity index (χ3v) is 4.74. The van der Waals surface area contributed by atoms with Gasteiger partial charge in [-0.05, 0) is 83.8 Å². The number of benzene rings is 1. The van der Waals surface area contributed by atoms with Crippen molar-refractivity contribution >= 4 is 0 Å². The zero-order valence-corrected chi connectivity index (χ0v) is 13.6. The monoisotopic (exact) mass is 274 g/mol. The van der Waals surface area contributed by atoms with Crippen LogP contribution in [0.2, 0.25) is 0 Å². The molecule has 0 spiro atoms. The van der Waals surface area contributed by atoms with Gasteiger partial charge in [0.1, 0.15) is 0 Å². The van der Waals surface area contributed by atoms with Crippen LogP contribution in [0.1, 0.15) is 48.9 Å². The molecule has 1 atom stereocenters. The second-order valence-corrected chi connectivity index (χ2v) is 6.57. The number of hydrogen-bond acceptors (Lipinski definition) is 2. The van der Waals surface area contributed by atoms with Crippen molar-refractivity contribution in [2.75, 3.05) is 26.7 Å². The lowest BCUT2D eigenvalue weighted by atomic mass is 9.93. The second kappa shape index (κ2) is 7.24. The summed E-state index contributed by atoms with van der Waals surface area (Å²) in [5.74, 6) is 0.921. The fourth-order valence-electron chi connectivity index (χ4n) is 3.19. The van der Waals surface area contributed by atoms with Gasteiger partial charge in [-0.15, -0.1) is 0 Å². The number of hydrogen-bond donors (Lipinski definition) is 1. The van der Waals surface area contributed by atoms with Crippen LogP contribution >= 0.6 is 0 Å². The average molecular weight is 274 g/mol. The Hall–Kier alpha value is -0.860. The molecule has 2 nitrogen and oxygen atoms in total.